The number of carbonyl (C=O) groups is 1. The molecule has 0 aromatic heterocycles. The van der Waals surface area contributed by atoms with Gasteiger partial charge in [-0.1, -0.05) is 19.8 Å². The Morgan fingerprint density at radius 1 is 1.33 bits per heavy atom. The summed E-state index contributed by atoms with van der Waals surface area (Å²) in [6.45, 7) is 5.04. The molecular weight excluding hydrogens is 228 g/mol. The molecule has 0 aromatic carbocycles. The third kappa shape index (κ3) is 2.86. The summed E-state index contributed by atoms with van der Waals surface area (Å²) in [7, 11) is 0. The van der Waals surface area contributed by atoms with E-state index in [9.17, 15) is 9.90 Å². The van der Waals surface area contributed by atoms with E-state index in [2.05, 4.69) is 10.2 Å². The van der Waals surface area contributed by atoms with E-state index in [4.69, 9.17) is 0 Å². The highest BCUT2D eigenvalue weighted by atomic mass is 16.4. The molecule has 2 rings (SSSR count). The normalized spacial score (nSPS) is 34.4. The van der Waals surface area contributed by atoms with E-state index in [0.717, 1.165) is 38.9 Å². The lowest BCUT2D eigenvalue weighted by Gasteiger charge is -2.30. The lowest BCUT2D eigenvalue weighted by Crippen LogP contribution is -2.51. The molecule has 1 heterocycles. The molecule has 0 aromatic rings. The zero-order chi connectivity index (χ0) is 13.0. The molecule has 1 saturated carbocycles. The van der Waals surface area contributed by atoms with Crippen LogP contribution in [0, 0.1) is 0 Å². The van der Waals surface area contributed by atoms with Gasteiger partial charge in [-0.15, -0.1) is 0 Å². The Balaban J connectivity index is 1.98. The minimum Gasteiger partial charge on any atom is -0.480 e. The maximum absolute atomic E-state index is 11.5. The van der Waals surface area contributed by atoms with Crippen LogP contribution in [-0.2, 0) is 4.79 Å². The van der Waals surface area contributed by atoms with Gasteiger partial charge in [0.05, 0.1) is 0 Å². The predicted molar refractivity (Wildman–Crippen MR) is 71.7 cm³/mol. The third-order valence-electron chi connectivity index (χ3n) is 4.57. The molecule has 104 valence electrons. The van der Waals surface area contributed by atoms with Crippen LogP contribution in [0.2, 0.25) is 0 Å². The lowest BCUT2D eigenvalue weighted by molar-refractivity contribution is -0.144. The number of carboxylic acid groups (broad SMARTS) is 1. The van der Waals surface area contributed by atoms with Crippen molar-refractivity contribution in [2.24, 2.45) is 0 Å². The maximum atomic E-state index is 11.5. The quantitative estimate of drug-likeness (QED) is 0.804. The van der Waals surface area contributed by atoms with Gasteiger partial charge in [0, 0.05) is 6.04 Å². The van der Waals surface area contributed by atoms with Gasteiger partial charge in [0.2, 0.25) is 0 Å². The third-order valence-corrected chi connectivity index (χ3v) is 4.57. The largest absolute Gasteiger partial charge is 0.480 e. The lowest BCUT2D eigenvalue weighted by atomic mass is 9.97. The van der Waals surface area contributed by atoms with Gasteiger partial charge in [0.15, 0.2) is 0 Å². The minimum atomic E-state index is -0.665. The number of carboxylic acids is 1. The summed E-state index contributed by atoms with van der Waals surface area (Å²) in [6.07, 6.45) is 7.80. The van der Waals surface area contributed by atoms with Gasteiger partial charge >= 0.3 is 5.97 Å². The molecule has 0 spiro atoms. The molecule has 2 unspecified atom stereocenters. The van der Waals surface area contributed by atoms with Crippen molar-refractivity contribution in [3.63, 3.8) is 0 Å². The molecule has 0 radical (unpaired) electrons. The van der Waals surface area contributed by atoms with Crippen molar-refractivity contribution in [2.45, 2.75) is 63.5 Å². The van der Waals surface area contributed by atoms with Gasteiger partial charge in [0.25, 0.3) is 0 Å². The number of rotatable bonds is 4. The molecule has 2 fully saturated rings. The first-order chi connectivity index (χ1) is 8.68. The van der Waals surface area contributed by atoms with E-state index in [-0.39, 0.29) is 0 Å². The van der Waals surface area contributed by atoms with E-state index in [1.807, 2.05) is 6.92 Å². The Labute approximate surface area is 110 Å². The number of aliphatic carboxylic acids is 1. The predicted octanol–water partition coefficient (Wildman–Crippen LogP) is 1.85. The fourth-order valence-electron chi connectivity index (χ4n) is 3.56. The summed E-state index contributed by atoms with van der Waals surface area (Å²) < 4.78 is 0. The average molecular weight is 254 g/mol. The Bertz CT molecular complexity index is 288. The maximum Gasteiger partial charge on any atom is 0.323 e. The summed E-state index contributed by atoms with van der Waals surface area (Å²) >= 11 is 0. The Morgan fingerprint density at radius 2 is 2.00 bits per heavy atom. The van der Waals surface area contributed by atoms with Gasteiger partial charge < -0.3 is 15.3 Å². The molecule has 4 heteroatoms. The average Bonchev–Trinajstić information content (AvgIpc) is 2.61. The summed E-state index contributed by atoms with van der Waals surface area (Å²) in [5, 5.41) is 12.7. The summed E-state index contributed by atoms with van der Waals surface area (Å²) in [5.41, 5.74) is -0.661. The van der Waals surface area contributed by atoms with E-state index < -0.39 is 11.5 Å². The smallest absolute Gasteiger partial charge is 0.323 e. The van der Waals surface area contributed by atoms with Crippen LogP contribution in [0.25, 0.3) is 0 Å². The molecule has 0 bridgehead atoms. The van der Waals surface area contributed by atoms with Crippen molar-refractivity contribution < 1.29 is 9.90 Å². The van der Waals surface area contributed by atoms with E-state index in [1.165, 1.54) is 25.7 Å². The molecule has 18 heavy (non-hydrogen) atoms. The first-order valence-electron chi connectivity index (χ1n) is 7.40. The highest BCUT2D eigenvalue weighted by molar-refractivity contribution is 5.79. The van der Waals surface area contributed by atoms with Crippen molar-refractivity contribution in [3.8, 4) is 0 Å². The van der Waals surface area contributed by atoms with E-state index in [0.29, 0.717) is 6.04 Å². The Morgan fingerprint density at radius 3 is 2.56 bits per heavy atom. The molecule has 2 aliphatic rings. The summed E-state index contributed by atoms with van der Waals surface area (Å²) in [5.74, 6) is -0.665. The zero-order valence-electron chi connectivity index (χ0n) is 11.5. The Hall–Kier alpha value is -0.610. The number of likely N-dealkylation sites (N-methyl/N-ethyl adjacent to an activating group) is 1. The van der Waals surface area contributed by atoms with Gasteiger partial charge in [-0.25, -0.2) is 0 Å². The summed E-state index contributed by atoms with van der Waals surface area (Å²) in [6, 6.07) is 0.471. The molecule has 1 saturated heterocycles. The van der Waals surface area contributed by atoms with Crippen LogP contribution >= 0.6 is 0 Å². The second kappa shape index (κ2) is 6.02. The van der Waals surface area contributed by atoms with Crippen LogP contribution in [0.1, 0.15) is 51.9 Å². The highest BCUT2D eigenvalue weighted by Gasteiger charge is 2.46. The van der Waals surface area contributed by atoms with Crippen LogP contribution < -0.4 is 5.32 Å². The molecule has 1 aliphatic carbocycles. The second-order valence-electron chi connectivity index (χ2n) is 5.76. The van der Waals surface area contributed by atoms with Crippen LogP contribution in [-0.4, -0.2) is 47.2 Å². The van der Waals surface area contributed by atoms with Crippen molar-refractivity contribution in [1.29, 1.82) is 0 Å². The molecular formula is C14H26N2O2. The van der Waals surface area contributed by atoms with E-state index in [1.54, 1.807) is 0 Å². The molecule has 2 N–H and O–H groups in total. The number of hydrogen-bond acceptors (Lipinski definition) is 3. The fraction of sp³-hybridized carbons (Fsp3) is 0.929. The van der Waals surface area contributed by atoms with Gasteiger partial charge in [-0.2, -0.15) is 0 Å². The second-order valence-corrected chi connectivity index (χ2v) is 5.76. The number of nitrogens with one attached hydrogen (secondary N) is 1. The van der Waals surface area contributed by atoms with Crippen LogP contribution in [0.4, 0.5) is 0 Å². The molecule has 1 aliphatic heterocycles. The van der Waals surface area contributed by atoms with Crippen molar-refractivity contribution >= 4 is 5.97 Å². The fourth-order valence-corrected chi connectivity index (χ4v) is 3.56. The van der Waals surface area contributed by atoms with E-state index >= 15 is 0 Å². The molecule has 0 amide bonds. The first-order valence-corrected chi connectivity index (χ1v) is 7.40. The van der Waals surface area contributed by atoms with Crippen LogP contribution in [0.15, 0.2) is 0 Å². The number of nitrogens with zero attached hydrogens (tertiary/aromatic N) is 1. The summed E-state index contributed by atoms with van der Waals surface area (Å²) in [4.78, 5) is 14.1. The highest BCUT2D eigenvalue weighted by Crippen LogP contribution is 2.34. The number of hydrogen-bond donors (Lipinski definition) is 2. The Kier molecular flexibility index (Phi) is 4.62. The van der Waals surface area contributed by atoms with Gasteiger partial charge in [-0.3, -0.25) is 4.79 Å². The van der Waals surface area contributed by atoms with Crippen LogP contribution in [0.3, 0.4) is 0 Å². The number of likely N-dealkylation sites (tertiary alicyclic amines) is 1. The van der Waals surface area contributed by atoms with Crippen molar-refractivity contribution in [2.75, 3.05) is 19.6 Å². The van der Waals surface area contributed by atoms with Crippen molar-refractivity contribution in [1.82, 2.24) is 10.2 Å². The zero-order valence-corrected chi connectivity index (χ0v) is 11.5. The molecule has 2 atom stereocenters. The van der Waals surface area contributed by atoms with Gasteiger partial charge in [0.1, 0.15) is 5.54 Å². The monoisotopic (exact) mass is 254 g/mol. The minimum absolute atomic E-state index is 0.471. The van der Waals surface area contributed by atoms with Crippen LogP contribution in [0.5, 0.6) is 0 Å². The molecule has 4 nitrogen and oxygen atoms in total. The standard InChI is InChI=1S/C14H26N2O2/c1-2-15-14(13(17)18)8-7-12(11-14)16-9-5-3-4-6-10-16/h12,15H,2-11H2,1H3,(H,17,18). The SMILES string of the molecule is CCNC1(C(=O)O)CCC(N2CCCCCC2)C1. The first kappa shape index (κ1) is 13.8. The van der Waals surface area contributed by atoms with Gasteiger partial charge in [-0.05, 0) is 51.7 Å². The topological polar surface area (TPSA) is 52.6 Å². The van der Waals surface area contributed by atoms with Crippen molar-refractivity contribution in [3.05, 3.63) is 0 Å².